The Bertz CT molecular complexity index is 1390. The average molecular weight is 465 g/mol. The van der Waals surface area contributed by atoms with E-state index in [0.717, 1.165) is 28.5 Å². The lowest BCUT2D eigenvalue weighted by Gasteiger charge is -2.23. The minimum Gasteiger partial charge on any atom is -0.478 e. The summed E-state index contributed by atoms with van der Waals surface area (Å²) in [6.45, 7) is 1.63. The maximum atomic E-state index is 13.5. The zero-order chi connectivity index (χ0) is 22.7. The first-order valence-corrected chi connectivity index (χ1v) is 12.2. The Balaban J connectivity index is 1.70. The fourth-order valence-corrected chi connectivity index (χ4v) is 5.98. The predicted octanol–water partition coefficient (Wildman–Crippen LogP) is 5.29. The van der Waals surface area contributed by atoms with E-state index in [-0.39, 0.29) is 10.5 Å². The number of aromatic carboxylic acids is 1. The molecular formula is C24H20N2O4S2. The first-order chi connectivity index (χ1) is 15.4. The molecule has 8 heteroatoms. The highest BCUT2D eigenvalue weighted by Gasteiger charge is 2.27. The standard InChI is InChI=1S/C24H20N2O4S2/c1-17-11-14-21(15-22(17)24(27)28)32(29,30)26(20-8-3-2-4-9-20)31-16-19-13-12-18-7-5-6-10-23(18)25-19/h2-15H,16H2,1H3,(H,27,28). The number of para-hydroxylation sites is 2. The second kappa shape index (κ2) is 9.02. The minimum absolute atomic E-state index is 0.0414. The van der Waals surface area contributed by atoms with Crippen molar-refractivity contribution in [3.8, 4) is 0 Å². The van der Waals surface area contributed by atoms with Gasteiger partial charge in [-0.1, -0.05) is 48.5 Å². The van der Waals surface area contributed by atoms with Gasteiger partial charge in [0.05, 0.1) is 33.1 Å². The van der Waals surface area contributed by atoms with Crippen molar-refractivity contribution >= 4 is 44.5 Å². The molecule has 3 aromatic carbocycles. The van der Waals surface area contributed by atoms with Crippen LogP contribution in [-0.4, -0.2) is 24.5 Å². The largest absolute Gasteiger partial charge is 0.478 e. The Labute approximate surface area is 190 Å². The van der Waals surface area contributed by atoms with Crippen molar-refractivity contribution in [2.75, 3.05) is 3.71 Å². The highest BCUT2D eigenvalue weighted by atomic mass is 32.3. The predicted molar refractivity (Wildman–Crippen MR) is 127 cm³/mol. The number of hydrogen-bond donors (Lipinski definition) is 1. The number of hydrogen-bond acceptors (Lipinski definition) is 5. The zero-order valence-corrected chi connectivity index (χ0v) is 18.8. The molecule has 0 atom stereocenters. The highest BCUT2D eigenvalue weighted by molar-refractivity contribution is 8.14. The molecule has 0 radical (unpaired) electrons. The molecule has 0 unspecified atom stereocenters. The van der Waals surface area contributed by atoms with Crippen LogP contribution in [0.1, 0.15) is 21.6 Å². The number of carbonyl (C=O) groups is 1. The second-order valence-electron chi connectivity index (χ2n) is 7.12. The van der Waals surface area contributed by atoms with E-state index in [1.807, 2.05) is 36.4 Å². The fraction of sp³-hybridized carbons (Fsp3) is 0.0833. The van der Waals surface area contributed by atoms with Crippen LogP contribution in [0.2, 0.25) is 0 Å². The molecule has 0 aliphatic heterocycles. The highest BCUT2D eigenvalue weighted by Crippen LogP contribution is 2.33. The third-order valence-corrected chi connectivity index (χ3v) is 8.18. The SMILES string of the molecule is Cc1ccc(S(=O)(=O)N(SCc2ccc3ccccc3n2)c2ccccc2)cc1C(=O)O. The van der Waals surface area contributed by atoms with Crippen molar-refractivity contribution in [3.63, 3.8) is 0 Å². The van der Waals surface area contributed by atoms with Crippen LogP contribution in [0.5, 0.6) is 0 Å². The van der Waals surface area contributed by atoms with E-state index >= 15 is 0 Å². The number of aromatic nitrogens is 1. The minimum atomic E-state index is -4.03. The molecule has 0 aliphatic carbocycles. The van der Waals surface area contributed by atoms with Gasteiger partial charge >= 0.3 is 5.97 Å². The molecule has 162 valence electrons. The smallest absolute Gasteiger partial charge is 0.335 e. The number of sulfonamides is 1. The molecular weight excluding hydrogens is 444 g/mol. The van der Waals surface area contributed by atoms with Crippen LogP contribution in [0.4, 0.5) is 5.69 Å². The molecule has 0 aliphatic rings. The van der Waals surface area contributed by atoms with Crippen LogP contribution in [0.15, 0.2) is 89.8 Å². The zero-order valence-electron chi connectivity index (χ0n) is 17.2. The quantitative estimate of drug-likeness (QED) is 0.374. The number of aryl methyl sites for hydroxylation is 1. The van der Waals surface area contributed by atoms with E-state index in [9.17, 15) is 18.3 Å². The Morgan fingerprint density at radius 1 is 0.969 bits per heavy atom. The summed E-state index contributed by atoms with van der Waals surface area (Å²) >= 11 is 1.09. The van der Waals surface area contributed by atoms with Crippen molar-refractivity contribution in [1.82, 2.24) is 4.98 Å². The number of anilines is 1. The molecule has 32 heavy (non-hydrogen) atoms. The number of carboxylic acids is 1. The number of benzene rings is 3. The first-order valence-electron chi connectivity index (χ1n) is 9.78. The monoisotopic (exact) mass is 464 g/mol. The number of rotatable bonds is 7. The van der Waals surface area contributed by atoms with Crippen molar-refractivity contribution in [1.29, 1.82) is 0 Å². The lowest BCUT2D eigenvalue weighted by Crippen LogP contribution is -2.25. The molecule has 0 spiro atoms. The van der Waals surface area contributed by atoms with Gasteiger partial charge in [0.1, 0.15) is 0 Å². The molecule has 0 saturated heterocycles. The van der Waals surface area contributed by atoms with Gasteiger partial charge in [-0.2, -0.15) is 0 Å². The van der Waals surface area contributed by atoms with E-state index in [1.54, 1.807) is 37.3 Å². The van der Waals surface area contributed by atoms with Gasteiger partial charge in [0.25, 0.3) is 10.0 Å². The summed E-state index contributed by atoms with van der Waals surface area (Å²) in [5.41, 5.74) is 2.50. The van der Waals surface area contributed by atoms with E-state index in [1.165, 1.54) is 21.9 Å². The van der Waals surface area contributed by atoms with Crippen molar-refractivity contribution < 1.29 is 18.3 Å². The average Bonchev–Trinajstić information content (AvgIpc) is 2.79. The number of carboxylic acid groups (broad SMARTS) is 1. The van der Waals surface area contributed by atoms with Crippen molar-refractivity contribution in [2.24, 2.45) is 0 Å². The summed E-state index contributed by atoms with van der Waals surface area (Å²) in [7, 11) is -4.03. The van der Waals surface area contributed by atoms with Gasteiger partial charge in [-0.05, 0) is 60.8 Å². The molecule has 0 saturated carbocycles. The molecule has 0 amide bonds. The number of nitrogens with zero attached hydrogens (tertiary/aromatic N) is 2. The van der Waals surface area contributed by atoms with Crippen LogP contribution in [0.25, 0.3) is 10.9 Å². The van der Waals surface area contributed by atoms with Gasteiger partial charge in [0, 0.05) is 5.39 Å². The summed E-state index contributed by atoms with van der Waals surface area (Å²) in [4.78, 5) is 16.1. The van der Waals surface area contributed by atoms with Gasteiger partial charge in [-0.25, -0.2) is 16.9 Å². The van der Waals surface area contributed by atoms with Crippen LogP contribution < -0.4 is 3.71 Å². The van der Waals surface area contributed by atoms with Crippen molar-refractivity contribution in [2.45, 2.75) is 17.6 Å². The Morgan fingerprint density at radius 2 is 1.69 bits per heavy atom. The van der Waals surface area contributed by atoms with Gasteiger partial charge < -0.3 is 5.11 Å². The molecule has 1 heterocycles. The van der Waals surface area contributed by atoms with Crippen LogP contribution in [0.3, 0.4) is 0 Å². The molecule has 6 nitrogen and oxygen atoms in total. The topological polar surface area (TPSA) is 87.6 Å². The Hall–Kier alpha value is -3.36. The Morgan fingerprint density at radius 3 is 2.44 bits per heavy atom. The normalized spacial score (nSPS) is 11.4. The lowest BCUT2D eigenvalue weighted by molar-refractivity contribution is 0.0696. The molecule has 4 rings (SSSR count). The van der Waals surface area contributed by atoms with Crippen LogP contribution in [-0.2, 0) is 15.8 Å². The third kappa shape index (κ3) is 4.46. The first kappa shape index (κ1) is 21.9. The summed E-state index contributed by atoms with van der Waals surface area (Å²) in [6.07, 6.45) is 0. The summed E-state index contributed by atoms with van der Waals surface area (Å²) < 4.78 is 28.3. The van der Waals surface area contributed by atoms with Gasteiger partial charge in [0.2, 0.25) is 0 Å². The van der Waals surface area contributed by atoms with E-state index in [0.29, 0.717) is 17.0 Å². The maximum Gasteiger partial charge on any atom is 0.335 e. The summed E-state index contributed by atoms with van der Waals surface area (Å²) in [5, 5.41) is 10.4. The second-order valence-corrected chi connectivity index (χ2v) is 10.0. The van der Waals surface area contributed by atoms with Crippen molar-refractivity contribution in [3.05, 3.63) is 102 Å². The molecule has 4 aromatic rings. The molecule has 1 N–H and O–H groups in total. The molecule has 0 fully saturated rings. The lowest BCUT2D eigenvalue weighted by atomic mass is 10.1. The molecule has 0 bridgehead atoms. The fourth-order valence-electron chi connectivity index (χ4n) is 3.23. The van der Waals surface area contributed by atoms with Gasteiger partial charge in [0.15, 0.2) is 0 Å². The number of pyridine rings is 1. The molecule has 1 aromatic heterocycles. The summed E-state index contributed by atoms with van der Waals surface area (Å²) in [6, 6.07) is 24.4. The third-order valence-electron chi connectivity index (χ3n) is 4.91. The van der Waals surface area contributed by atoms with E-state index < -0.39 is 16.0 Å². The van der Waals surface area contributed by atoms with Gasteiger partial charge in [-0.3, -0.25) is 4.98 Å². The van der Waals surface area contributed by atoms with Crippen LogP contribution in [0, 0.1) is 6.92 Å². The van der Waals surface area contributed by atoms with E-state index in [2.05, 4.69) is 4.98 Å². The summed E-state index contributed by atoms with van der Waals surface area (Å²) in [5.74, 6) is -0.852. The maximum absolute atomic E-state index is 13.5. The Kier molecular flexibility index (Phi) is 6.16. The number of fused-ring (bicyclic) bond motifs is 1. The van der Waals surface area contributed by atoms with Gasteiger partial charge in [-0.15, -0.1) is 0 Å². The van der Waals surface area contributed by atoms with Crippen LogP contribution >= 0.6 is 11.9 Å². The van der Waals surface area contributed by atoms with E-state index in [4.69, 9.17) is 0 Å².